The van der Waals surface area contributed by atoms with Crippen LogP contribution in [0, 0.1) is 12.7 Å². The van der Waals surface area contributed by atoms with E-state index < -0.39 is 0 Å². The molecule has 1 aromatic heterocycles. The van der Waals surface area contributed by atoms with Crippen LogP contribution >= 0.6 is 15.9 Å². The van der Waals surface area contributed by atoms with Gasteiger partial charge in [0, 0.05) is 5.56 Å². The third-order valence-corrected chi connectivity index (χ3v) is 3.54. The zero-order valence-electron chi connectivity index (χ0n) is 10.1. The number of nitrogens with one attached hydrogen (secondary N) is 1. The molecule has 0 fully saturated rings. The van der Waals surface area contributed by atoms with E-state index in [0.717, 1.165) is 5.56 Å². The maximum atomic E-state index is 13.3. The molecule has 1 N–H and O–H groups in total. The Morgan fingerprint density at radius 1 is 1.44 bits per heavy atom. The maximum absolute atomic E-state index is 13.3. The molecule has 0 atom stereocenters. The number of hydrogen-bond acceptors (Lipinski definition) is 2. The summed E-state index contributed by atoms with van der Waals surface area (Å²) >= 11 is 3.20. The third-order valence-electron chi connectivity index (χ3n) is 2.72. The highest BCUT2D eigenvalue weighted by Gasteiger charge is 2.11. The summed E-state index contributed by atoms with van der Waals surface area (Å²) in [6.07, 6.45) is 0.631. The van der Waals surface area contributed by atoms with Crippen molar-refractivity contribution in [1.29, 1.82) is 0 Å². The Labute approximate surface area is 112 Å². The van der Waals surface area contributed by atoms with Gasteiger partial charge in [0.1, 0.15) is 16.1 Å². The molecule has 0 radical (unpaired) electrons. The largest absolute Gasteiger partial charge is 0.306 e. The Morgan fingerprint density at radius 2 is 2.17 bits per heavy atom. The number of nitrogens with zero attached hydrogens (tertiary/aromatic N) is 1. The van der Waals surface area contributed by atoms with Crippen molar-refractivity contribution in [2.24, 2.45) is 0 Å². The monoisotopic (exact) mass is 310 g/mol. The van der Waals surface area contributed by atoms with Crippen molar-refractivity contribution in [3.05, 3.63) is 50.1 Å². The van der Waals surface area contributed by atoms with Crippen molar-refractivity contribution in [3.63, 3.8) is 0 Å². The van der Waals surface area contributed by atoms with Crippen LogP contribution < -0.4 is 5.56 Å². The summed E-state index contributed by atoms with van der Waals surface area (Å²) < 4.78 is 13.7. The molecule has 0 aliphatic rings. The second-order valence-electron chi connectivity index (χ2n) is 3.99. The summed E-state index contributed by atoms with van der Waals surface area (Å²) in [6, 6.07) is 4.43. The summed E-state index contributed by atoms with van der Waals surface area (Å²) in [5, 5.41) is 0. The van der Waals surface area contributed by atoms with E-state index in [9.17, 15) is 9.18 Å². The fourth-order valence-electron chi connectivity index (χ4n) is 1.72. The van der Waals surface area contributed by atoms with Crippen molar-refractivity contribution in [2.45, 2.75) is 20.3 Å². The van der Waals surface area contributed by atoms with Crippen molar-refractivity contribution in [3.8, 4) is 11.4 Å². The lowest BCUT2D eigenvalue weighted by atomic mass is 10.1. The van der Waals surface area contributed by atoms with Crippen LogP contribution in [0.15, 0.2) is 27.5 Å². The number of H-pyrrole nitrogens is 1. The van der Waals surface area contributed by atoms with Crippen LogP contribution in [0.4, 0.5) is 4.39 Å². The van der Waals surface area contributed by atoms with Gasteiger partial charge in [-0.25, -0.2) is 9.37 Å². The highest BCUT2D eigenvalue weighted by atomic mass is 79.9. The molecule has 0 unspecified atom stereocenters. The number of aromatic nitrogens is 2. The van der Waals surface area contributed by atoms with Gasteiger partial charge < -0.3 is 4.98 Å². The molecule has 0 bridgehead atoms. The van der Waals surface area contributed by atoms with Gasteiger partial charge in [-0.2, -0.15) is 0 Å². The lowest BCUT2D eigenvalue weighted by Crippen LogP contribution is -2.13. The quantitative estimate of drug-likeness (QED) is 0.925. The minimum atomic E-state index is -0.348. The van der Waals surface area contributed by atoms with Gasteiger partial charge in [0.2, 0.25) is 0 Å². The van der Waals surface area contributed by atoms with E-state index in [1.54, 1.807) is 6.07 Å². The van der Waals surface area contributed by atoms with E-state index in [1.165, 1.54) is 12.1 Å². The normalized spacial score (nSPS) is 10.7. The Balaban J connectivity index is 2.68. The van der Waals surface area contributed by atoms with Crippen molar-refractivity contribution in [1.82, 2.24) is 9.97 Å². The van der Waals surface area contributed by atoms with Gasteiger partial charge >= 0.3 is 0 Å². The molecule has 3 nitrogen and oxygen atoms in total. The topological polar surface area (TPSA) is 45.8 Å². The van der Waals surface area contributed by atoms with Crippen LogP contribution in [0.3, 0.4) is 0 Å². The molecule has 2 rings (SSSR count). The highest BCUT2D eigenvalue weighted by molar-refractivity contribution is 9.10. The number of benzene rings is 1. The lowest BCUT2D eigenvalue weighted by molar-refractivity contribution is 0.627. The second-order valence-corrected chi connectivity index (χ2v) is 4.78. The van der Waals surface area contributed by atoms with Crippen LogP contribution in [-0.2, 0) is 6.42 Å². The summed E-state index contributed by atoms with van der Waals surface area (Å²) in [7, 11) is 0. The van der Waals surface area contributed by atoms with Gasteiger partial charge in [-0.1, -0.05) is 13.0 Å². The fourth-order valence-corrected chi connectivity index (χ4v) is 2.18. The average Bonchev–Trinajstić information content (AvgIpc) is 2.35. The van der Waals surface area contributed by atoms with E-state index >= 15 is 0 Å². The first-order valence-corrected chi connectivity index (χ1v) is 6.37. The molecule has 1 heterocycles. The second kappa shape index (κ2) is 5.02. The van der Waals surface area contributed by atoms with E-state index in [2.05, 4.69) is 25.9 Å². The third kappa shape index (κ3) is 2.36. The molecule has 5 heteroatoms. The zero-order chi connectivity index (χ0) is 13.3. The smallest absolute Gasteiger partial charge is 0.265 e. The molecule has 0 spiro atoms. The molecule has 1 aromatic carbocycles. The summed E-state index contributed by atoms with van der Waals surface area (Å²) in [5.74, 6) is 0.0521. The molecular formula is C13H12BrFN2O. The van der Waals surface area contributed by atoms with Crippen LogP contribution in [-0.4, -0.2) is 9.97 Å². The number of aromatic amines is 1. The van der Waals surface area contributed by atoms with Crippen LogP contribution in [0.25, 0.3) is 11.4 Å². The van der Waals surface area contributed by atoms with Gasteiger partial charge in [-0.3, -0.25) is 4.79 Å². The van der Waals surface area contributed by atoms with Gasteiger partial charge in [0.15, 0.2) is 0 Å². The maximum Gasteiger partial charge on any atom is 0.265 e. The molecule has 2 aromatic rings. The predicted molar refractivity (Wildman–Crippen MR) is 72.1 cm³/mol. The number of halogens is 2. The Kier molecular flexibility index (Phi) is 3.61. The Bertz CT molecular complexity index is 652. The number of aryl methyl sites for hydroxylation is 2. The molecule has 0 aliphatic carbocycles. The van der Waals surface area contributed by atoms with Gasteiger partial charge in [-0.15, -0.1) is 0 Å². The summed E-state index contributed by atoms with van der Waals surface area (Å²) in [5.41, 5.74) is 1.89. The fraction of sp³-hybridized carbons (Fsp3) is 0.231. The molecule has 0 aliphatic heterocycles. The van der Waals surface area contributed by atoms with E-state index in [4.69, 9.17) is 0 Å². The number of rotatable bonds is 2. The molecule has 18 heavy (non-hydrogen) atoms. The van der Waals surface area contributed by atoms with Crippen molar-refractivity contribution >= 4 is 15.9 Å². The first-order chi connectivity index (χ1) is 8.52. The first kappa shape index (κ1) is 13.0. The molecule has 0 saturated heterocycles. The SMILES string of the molecule is CCc1nc(-c2cc(F)ccc2C)[nH]c(=O)c1Br. The van der Waals surface area contributed by atoms with E-state index in [-0.39, 0.29) is 11.4 Å². The van der Waals surface area contributed by atoms with Crippen molar-refractivity contribution < 1.29 is 4.39 Å². The van der Waals surface area contributed by atoms with Crippen molar-refractivity contribution in [2.75, 3.05) is 0 Å². The molecule has 94 valence electrons. The minimum Gasteiger partial charge on any atom is -0.306 e. The van der Waals surface area contributed by atoms with Crippen LogP contribution in [0.5, 0.6) is 0 Å². The lowest BCUT2D eigenvalue weighted by Gasteiger charge is -2.07. The van der Waals surface area contributed by atoms with Gasteiger partial charge in [-0.05, 0) is 47.0 Å². The number of hydrogen-bond donors (Lipinski definition) is 1. The minimum absolute atomic E-state index is 0.250. The standard InChI is InChI=1S/C13H12BrFN2O/c1-3-10-11(14)13(18)17-12(16-10)9-6-8(15)5-4-7(9)2/h4-6H,3H2,1-2H3,(H,16,17,18). The Hall–Kier alpha value is -1.49. The summed E-state index contributed by atoms with van der Waals surface area (Å²) in [4.78, 5) is 18.8. The van der Waals surface area contributed by atoms with Crippen LogP contribution in [0.1, 0.15) is 18.2 Å². The molecular weight excluding hydrogens is 299 g/mol. The van der Waals surface area contributed by atoms with E-state index in [1.807, 2.05) is 13.8 Å². The summed E-state index contributed by atoms with van der Waals surface area (Å²) in [6.45, 7) is 3.76. The average molecular weight is 311 g/mol. The Morgan fingerprint density at radius 3 is 2.83 bits per heavy atom. The zero-order valence-corrected chi connectivity index (χ0v) is 11.6. The first-order valence-electron chi connectivity index (χ1n) is 5.58. The van der Waals surface area contributed by atoms with E-state index in [0.29, 0.717) is 28.0 Å². The molecule has 0 amide bonds. The molecule has 0 saturated carbocycles. The van der Waals surface area contributed by atoms with Crippen LogP contribution in [0.2, 0.25) is 0 Å². The predicted octanol–water partition coefficient (Wildman–Crippen LogP) is 3.21. The van der Waals surface area contributed by atoms with Gasteiger partial charge in [0.25, 0.3) is 5.56 Å². The highest BCUT2D eigenvalue weighted by Crippen LogP contribution is 2.21. The van der Waals surface area contributed by atoms with Gasteiger partial charge in [0.05, 0.1) is 5.69 Å².